The molecule has 0 aromatic heterocycles. The number of hydrogen-bond donors (Lipinski definition) is 0. The van der Waals surface area contributed by atoms with E-state index >= 15 is 0 Å². The fraction of sp³-hybridized carbons (Fsp3) is 0.111. The number of carbonyl (C=O) groups excluding carboxylic acids is 2. The first-order valence-electron chi connectivity index (χ1n) is 10.0. The highest BCUT2D eigenvalue weighted by Crippen LogP contribution is 2.35. The van der Waals surface area contributed by atoms with Crippen LogP contribution < -0.4 is 9.47 Å². The van der Waals surface area contributed by atoms with E-state index in [1.807, 2.05) is 57.2 Å². The van der Waals surface area contributed by atoms with Gasteiger partial charge in [0.15, 0.2) is 0 Å². The Bertz CT molecular complexity index is 1260. The molecule has 4 nitrogen and oxygen atoms in total. The van der Waals surface area contributed by atoms with Gasteiger partial charge in [-0.2, -0.15) is 0 Å². The standard InChI is InChI=1S/C27H22O4/c1-17-15-18(2)24(19(3)16-17)27(29)31-23-14-8-12-20-11-7-13-22(25(20)23)30-26(28)21-9-5-4-6-10-21/h4-16H,1-3H3. The summed E-state index contributed by atoms with van der Waals surface area (Å²) in [6.07, 6.45) is 0. The van der Waals surface area contributed by atoms with Gasteiger partial charge >= 0.3 is 11.9 Å². The Morgan fingerprint density at radius 3 is 1.77 bits per heavy atom. The van der Waals surface area contributed by atoms with Crippen LogP contribution in [0.15, 0.2) is 78.9 Å². The van der Waals surface area contributed by atoms with Crippen molar-refractivity contribution in [2.75, 3.05) is 0 Å². The van der Waals surface area contributed by atoms with E-state index in [2.05, 4.69) is 0 Å². The van der Waals surface area contributed by atoms with Gasteiger partial charge in [-0.05, 0) is 61.5 Å². The van der Waals surface area contributed by atoms with Crippen molar-refractivity contribution in [2.45, 2.75) is 20.8 Å². The van der Waals surface area contributed by atoms with Gasteiger partial charge in [-0.1, -0.05) is 60.2 Å². The van der Waals surface area contributed by atoms with E-state index in [0.717, 1.165) is 22.1 Å². The van der Waals surface area contributed by atoms with Crippen molar-refractivity contribution in [1.29, 1.82) is 0 Å². The lowest BCUT2D eigenvalue weighted by Gasteiger charge is -2.14. The highest BCUT2D eigenvalue weighted by Gasteiger charge is 2.19. The Hall–Kier alpha value is -3.92. The van der Waals surface area contributed by atoms with Crippen molar-refractivity contribution in [1.82, 2.24) is 0 Å². The van der Waals surface area contributed by atoms with Crippen LogP contribution in [0.25, 0.3) is 10.8 Å². The zero-order chi connectivity index (χ0) is 22.0. The van der Waals surface area contributed by atoms with E-state index in [1.165, 1.54) is 0 Å². The number of esters is 2. The number of rotatable bonds is 4. The molecule has 0 aliphatic rings. The summed E-state index contributed by atoms with van der Waals surface area (Å²) in [6.45, 7) is 5.78. The molecule has 0 unspecified atom stereocenters. The Morgan fingerprint density at radius 2 is 1.19 bits per heavy atom. The van der Waals surface area contributed by atoms with Crippen molar-refractivity contribution >= 4 is 22.7 Å². The Labute approximate surface area is 181 Å². The van der Waals surface area contributed by atoms with E-state index in [4.69, 9.17) is 9.47 Å². The van der Waals surface area contributed by atoms with Crippen LogP contribution in [-0.4, -0.2) is 11.9 Å². The molecular weight excluding hydrogens is 388 g/mol. The first-order valence-corrected chi connectivity index (χ1v) is 10.0. The van der Waals surface area contributed by atoms with Gasteiger partial charge < -0.3 is 9.47 Å². The Morgan fingerprint density at radius 1 is 0.645 bits per heavy atom. The summed E-state index contributed by atoms with van der Waals surface area (Å²) in [6, 6.07) is 23.5. The molecule has 0 spiro atoms. The number of aryl methyl sites for hydroxylation is 3. The van der Waals surface area contributed by atoms with Gasteiger partial charge in [-0.25, -0.2) is 9.59 Å². The van der Waals surface area contributed by atoms with Crippen LogP contribution in [0.1, 0.15) is 37.4 Å². The fourth-order valence-corrected chi connectivity index (χ4v) is 3.83. The van der Waals surface area contributed by atoms with Crippen molar-refractivity contribution in [2.24, 2.45) is 0 Å². The van der Waals surface area contributed by atoms with Gasteiger partial charge in [0.1, 0.15) is 11.5 Å². The monoisotopic (exact) mass is 410 g/mol. The second-order valence-electron chi connectivity index (χ2n) is 7.53. The van der Waals surface area contributed by atoms with E-state index in [0.29, 0.717) is 28.0 Å². The molecule has 0 radical (unpaired) electrons. The molecule has 0 heterocycles. The molecule has 0 fully saturated rings. The quantitative estimate of drug-likeness (QED) is 0.297. The zero-order valence-electron chi connectivity index (χ0n) is 17.6. The zero-order valence-corrected chi connectivity index (χ0v) is 17.6. The molecule has 0 bridgehead atoms. The summed E-state index contributed by atoms with van der Waals surface area (Å²) in [5.74, 6) is -0.225. The molecule has 0 amide bonds. The van der Waals surface area contributed by atoms with E-state index in [9.17, 15) is 9.59 Å². The minimum Gasteiger partial charge on any atom is -0.422 e. The highest BCUT2D eigenvalue weighted by atomic mass is 16.5. The molecule has 0 N–H and O–H groups in total. The van der Waals surface area contributed by atoms with Gasteiger partial charge in [0.25, 0.3) is 0 Å². The lowest BCUT2D eigenvalue weighted by atomic mass is 10.00. The third kappa shape index (κ3) is 4.19. The summed E-state index contributed by atoms with van der Waals surface area (Å²) in [7, 11) is 0. The third-order valence-electron chi connectivity index (χ3n) is 5.12. The van der Waals surface area contributed by atoms with Crippen molar-refractivity contribution in [3.63, 3.8) is 0 Å². The number of ether oxygens (including phenoxy) is 2. The predicted molar refractivity (Wildman–Crippen MR) is 121 cm³/mol. The molecule has 0 atom stereocenters. The maximum absolute atomic E-state index is 13.0. The number of benzene rings is 4. The van der Waals surface area contributed by atoms with Crippen molar-refractivity contribution in [3.8, 4) is 11.5 Å². The molecule has 0 aliphatic heterocycles. The van der Waals surface area contributed by atoms with Crippen LogP contribution in [0.4, 0.5) is 0 Å². The third-order valence-corrected chi connectivity index (χ3v) is 5.12. The number of fused-ring (bicyclic) bond motifs is 1. The molecule has 4 rings (SSSR count). The summed E-state index contributed by atoms with van der Waals surface area (Å²) in [5.41, 5.74) is 3.80. The number of carbonyl (C=O) groups is 2. The summed E-state index contributed by atoms with van der Waals surface area (Å²) in [5, 5.41) is 1.38. The van der Waals surface area contributed by atoms with Crippen LogP contribution >= 0.6 is 0 Å². The van der Waals surface area contributed by atoms with Crippen molar-refractivity contribution < 1.29 is 19.1 Å². The Kier molecular flexibility index (Phi) is 5.54. The van der Waals surface area contributed by atoms with Crippen LogP contribution in [0.5, 0.6) is 11.5 Å². The first-order chi connectivity index (χ1) is 14.9. The minimum absolute atomic E-state index is 0.340. The van der Waals surface area contributed by atoms with Crippen LogP contribution in [0.2, 0.25) is 0 Å². The summed E-state index contributed by atoms with van der Waals surface area (Å²) < 4.78 is 11.5. The lowest BCUT2D eigenvalue weighted by Crippen LogP contribution is -2.13. The van der Waals surface area contributed by atoms with Crippen LogP contribution in [-0.2, 0) is 0 Å². The van der Waals surface area contributed by atoms with Crippen molar-refractivity contribution in [3.05, 3.63) is 107 Å². The van der Waals surface area contributed by atoms with E-state index in [-0.39, 0.29) is 0 Å². The molecule has 4 aromatic carbocycles. The molecule has 0 saturated carbocycles. The molecule has 4 aromatic rings. The van der Waals surface area contributed by atoms with Gasteiger partial charge in [-0.15, -0.1) is 0 Å². The fourth-order valence-electron chi connectivity index (χ4n) is 3.83. The largest absolute Gasteiger partial charge is 0.422 e. The van der Waals surface area contributed by atoms with Crippen LogP contribution in [0.3, 0.4) is 0 Å². The lowest BCUT2D eigenvalue weighted by molar-refractivity contribution is 0.0734. The average molecular weight is 410 g/mol. The average Bonchev–Trinajstić information content (AvgIpc) is 2.74. The molecular formula is C27H22O4. The molecule has 0 saturated heterocycles. The van der Waals surface area contributed by atoms with E-state index in [1.54, 1.807) is 42.5 Å². The maximum atomic E-state index is 13.0. The van der Waals surface area contributed by atoms with Gasteiger partial charge in [0, 0.05) is 0 Å². The van der Waals surface area contributed by atoms with Gasteiger partial charge in [0.2, 0.25) is 0 Å². The van der Waals surface area contributed by atoms with E-state index < -0.39 is 11.9 Å². The summed E-state index contributed by atoms with van der Waals surface area (Å²) >= 11 is 0. The van der Waals surface area contributed by atoms with Crippen LogP contribution in [0, 0.1) is 20.8 Å². The SMILES string of the molecule is Cc1cc(C)c(C(=O)Oc2cccc3cccc(OC(=O)c4ccccc4)c23)c(C)c1. The smallest absolute Gasteiger partial charge is 0.344 e. The second kappa shape index (κ2) is 8.44. The number of hydrogen-bond acceptors (Lipinski definition) is 4. The topological polar surface area (TPSA) is 52.6 Å². The van der Waals surface area contributed by atoms with Gasteiger partial charge in [0.05, 0.1) is 16.5 Å². The molecule has 31 heavy (non-hydrogen) atoms. The molecule has 4 heteroatoms. The Balaban J connectivity index is 1.72. The summed E-state index contributed by atoms with van der Waals surface area (Å²) in [4.78, 5) is 25.6. The first kappa shape index (κ1) is 20.4. The predicted octanol–water partition coefficient (Wildman–Crippen LogP) is 6.20. The second-order valence-corrected chi connectivity index (χ2v) is 7.53. The maximum Gasteiger partial charge on any atom is 0.344 e. The molecule has 0 aliphatic carbocycles. The normalized spacial score (nSPS) is 10.7. The minimum atomic E-state index is -0.473. The van der Waals surface area contributed by atoms with Gasteiger partial charge in [-0.3, -0.25) is 0 Å². The highest BCUT2D eigenvalue weighted by molar-refractivity contribution is 6.01. The molecule has 154 valence electrons.